The molecule has 3 N–H and O–H groups in total. The van der Waals surface area contributed by atoms with Crippen LogP contribution in [0.5, 0.6) is 5.75 Å². The van der Waals surface area contributed by atoms with E-state index in [9.17, 15) is 5.11 Å². The van der Waals surface area contributed by atoms with Crippen LogP contribution in [0.1, 0.15) is 50.7 Å². The van der Waals surface area contributed by atoms with Gasteiger partial charge in [0.05, 0.1) is 13.2 Å². The Labute approximate surface area is 136 Å². The molecule has 2 rings (SSSR count). The van der Waals surface area contributed by atoms with Crippen LogP contribution in [0.15, 0.2) is 22.7 Å². The number of methoxy groups -OCH3 is 1. The van der Waals surface area contributed by atoms with Gasteiger partial charge in [-0.15, -0.1) is 0 Å². The van der Waals surface area contributed by atoms with E-state index in [-0.39, 0.29) is 5.41 Å². The van der Waals surface area contributed by atoms with Crippen molar-refractivity contribution in [2.24, 2.45) is 17.1 Å². The highest BCUT2D eigenvalue weighted by Crippen LogP contribution is 2.49. The number of aliphatic hydroxyl groups excluding tert-OH is 1. The van der Waals surface area contributed by atoms with E-state index in [0.717, 1.165) is 41.5 Å². The van der Waals surface area contributed by atoms with Crippen LogP contribution in [0.2, 0.25) is 0 Å². The highest BCUT2D eigenvalue weighted by molar-refractivity contribution is 9.10. The summed E-state index contributed by atoms with van der Waals surface area (Å²) in [5.74, 6) is 1.40. The summed E-state index contributed by atoms with van der Waals surface area (Å²) in [5.41, 5.74) is 6.72. The summed E-state index contributed by atoms with van der Waals surface area (Å²) in [5, 5.41) is 11.1. The number of halogens is 1. The molecule has 3 nitrogen and oxygen atoms in total. The van der Waals surface area contributed by atoms with Gasteiger partial charge in [-0.2, -0.15) is 0 Å². The van der Waals surface area contributed by atoms with Crippen LogP contribution in [0.25, 0.3) is 0 Å². The lowest BCUT2D eigenvalue weighted by Gasteiger charge is -2.44. The molecule has 0 amide bonds. The van der Waals surface area contributed by atoms with Crippen LogP contribution in [0.3, 0.4) is 0 Å². The number of nitrogens with two attached hydrogens (primary N) is 1. The van der Waals surface area contributed by atoms with Gasteiger partial charge in [0.15, 0.2) is 0 Å². The molecule has 4 heteroatoms. The molecule has 3 unspecified atom stereocenters. The van der Waals surface area contributed by atoms with Gasteiger partial charge < -0.3 is 15.6 Å². The molecule has 118 valence electrons. The van der Waals surface area contributed by atoms with Crippen LogP contribution >= 0.6 is 15.9 Å². The molecule has 0 spiro atoms. The number of hydrogen-bond donors (Lipinski definition) is 2. The molecule has 1 fully saturated rings. The van der Waals surface area contributed by atoms with Crippen molar-refractivity contribution in [2.75, 3.05) is 13.7 Å². The van der Waals surface area contributed by atoms with E-state index in [1.807, 2.05) is 18.2 Å². The highest BCUT2D eigenvalue weighted by Gasteiger charge is 2.42. The average molecular weight is 356 g/mol. The second kappa shape index (κ2) is 7.12. The topological polar surface area (TPSA) is 55.5 Å². The molecule has 0 aliphatic heterocycles. The number of rotatable bonds is 5. The van der Waals surface area contributed by atoms with Crippen LogP contribution < -0.4 is 10.5 Å². The molecule has 3 atom stereocenters. The van der Waals surface area contributed by atoms with Gasteiger partial charge >= 0.3 is 0 Å². The van der Waals surface area contributed by atoms with Gasteiger partial charge in [-0.1, -0.05) is 42.1 Å². The Morgan fingerprint density at radius 2 is 2.29 bits per heavy atom. The fraction of sp³-hybridized carbons (Fsp3) is 0.647. The smallest absolute Gasteiger partial charge is 0.124 e. The Balaban J connectivity index is 2.35. The minimum absolute atomic E-state index is 0.229. The van der Waals surface area contributed by atoms with Gasteiger partial charge in [0.25, 0.3) is 0 Å². The SMILES string of the molecule is CCC1CCCC(CN)(C(O)c2cc(Br)ccc2OC)C1. The zero-order valence-corrected chi connectivity index (χ0v) is 14.5. The van der Waals surface area contributed by atoms with Crippen molar-refractivity contribution in [3.8, 4) is 5.75 Å². The van der Waals surface area contributed by atoms with E-state index >= 15 is 0 Å². The Morgan fingerprint density at radius 1 is 1.52 bits per heavy atom. The Kier molecular flexibility index (Phi) is 5.69. The minimum atomic E-state index is -0.579. The zero-order valence-electron chi connectivity index (χ0n) is 12.9. The fourth-order valence-electron chi connectivity index (χ4n) is 3.66. The molecular formula is C17H26BrNO2. The van der Waals surface area contributed by atoms with Crippen LogP contribution in [-0.2, 0) is 0 Å². The highest BCUT2D eigenvalue weighted by atomic mass is 79.9. The molecule has 0 saturated heterocycles. The Bertz CT molecular complexity index is 480. The third-order valence-electron chi connectivity index (χ3n) is 5.03. The lowest BCUT2D eigenvalue weighted by molar-refractivity contribution is -0.0174. The molecule has 1 aromatic rings. The lowest BCUT2D eigenvalue weighted by atomic mass is 9.64. The Morgan fingerprint density at radius 3 is 2.90 bits per heavy atom. The normalized spacial score (nSPS) is 27.4. The number of hydrogen-bond acceptors (Lipinski definition) is 3. The third kappa shape index (κ3) is 3.43. The maximum Gasteiger partial charge on any atom is 0.124 e. The average Bonchev–Trinajstić information content (AvgIpc) is 2.54. The first-order valence-electron chi connectivity index (χ1n) is 7.78. The second-order valence-corrected chi connectivity index (χ2v) is 7.14. The predicted molar refractivity (Wildman–Crippen MR) is 89.4 cm³/mol. The van der Waals surface area contributed by atoms with Gasteiger partial charge in [0.1, 0.15) is 5.75 Å². The largest absolute Gasteiger partial charge is 0.496 e. The first-order valence-corrected chi connectivity index (χ1v) is 8.57. The number of ether oxygens (including phenoxy) is 1. The first kappa shape index (κ1) is 16.8. The summed E-state index contributed by atoms with van der Waals surface area (Å²) in [4.78, 5) is 0. The van der Waals surface area contributed by atoms with Crippen LogP contribution in [0.4, 0.5) is 0 Å². The van der Waals surface area contributed by atoms with Crippen molar-refractivity contribution in [2.45, 2.75) is 45.1 Å². The zero-order chi connectivity index (χ0) is 15.5. The summed E-state index contributed by atoms with van der Waals surface area (Å²) in [7, 11) is 1.64. The predicted octanol–water partition coefficient (Wildman–Crippen LogP) is 4.04. The van der Waals surface area contributed by atoms with E-state index in [1.54, 1.807) is 7.11 Å². The van der Waals surface area contributed by atoms with E-state index in [1.165, 1.54) is 6.42 Å². The van der Waals surface area contributed by atoms with Crippen molar-refractivity contribution in [3.05, 3.63) is 28.2 Å². The van der Waals surface area contributed by atoms with E-state index in [4.69, 9.17) is 10.5 Å². The second-order valence-electron chi connectivity index (χ2n) is 6.23. The third-order valence-corrected chi connectivity index (χ3v) is 5.53. The van der Waals surface area contributed by atoms with Crippen LogP contribution in [0, 0.1) is 11.3 Å². The van der Waals surface area contributed by atoms with Gasteiger partial charge in [-0.05, 0) is 37.0 Å². The maximum absolute atomic E-state index is 11.1. The standard InChI is InChI=1S/C17H26BrNO2/c1-3-12-5-4-8-17(10-12,11-19)16(20)14-9-13(18)6-7-15(14)21-2/h6-7,9,12,16,20H,3-5,8,10-11,19H2,1-2H3. The Hall–Kier alpha value is -0.580. The fourth-order valence-corrected chi connectivity index (χ4v) is 4.04. The van der Waals surface area contributed by atoms with Crippen molar-refractivity contribution < 1.29 is 9.84 Å². The van der Waals surface area contributed by atoms with Gasteiger partial charge in [0.2, 0.25) is 0 Å². The van der Waals surface area contributed by atoms with Gasteiger partial charge in [-0.3, -0.25) is 0 Å². The van der Waals surface area contributed by atoms with E-state index in [2.05, 4.69) is 22.9 Å². The summed E-state index contributed by atoms with van der Waals surface area (Å²) in [6.45, 7) is 2.74. The molecule has 21 heavy (non-hydrogen) atoms. The van der Waals surface area contributed by atoms with E-state index < -0.39 is 6.10 Å². The van der Waals surface area contributed by atoms with Gasteiger partial charge in [-0.25, -0.2) is 0 Å². The molecule has 0 bridgehead atoms. The molecule has 0 radical (unpaired) electrons. The first-order chi connectivity index (χ1) is 10.1. The molecule has 0 heterocycles. The van der Waals surface area contributed by atoms with Crippen molar-refractivity contribution in [3.63, 3.8) is 0 Å². The quantitative estimate of drug-likeness (QED) is 0.837. The van der Waals surface area contributed by atoms with Crippen molar-refractivity contribution >= 4 is 15.9 Å². The molecule has 1 aliphatic rings. The maximum atomic E-state index is 11.1. The summed E-state index contributed by atoms with van der Waals surface area (Å²) in [6, 6.07) is 5.78. The van der Waals surface area contributed by atoms with Gasteiger partial charge in [0, 0.05) is 22.0 Å². The molecule has 1 aliphatic carbocycles. The lowest BCUT2D eigenvalue weighted by Crippen LogP contribution is -2.41. The number of aliphatic hydroxyl groups is 1. The minimum Gasteiger partial charge on any atom is -0.496 e. The summed E-state index contributed by atoms with van der Waals surface area (Å²) >= 11 is 3.48. The number of benzene rings is 1. The molecule has 1 aromatic carbocycles. The van der Waals surface area contributed by atoms with Crippen molar-refractivity contribution in [1.82, 2.24) is 0 Å². The molecule has 1 saturated carbocycles. The van der Waals surface area contributed by atoms with Crippen molar-refractivity contribution in [1.29, 1.82) is 0 Å². The monoisotopic (exact) mass is 355 g/mol. The van der Waals surface area contributed by atoms with E-state index in [0.29, 0.717) is 12.5 Å². The summed E-state index contributed by atoms with van der Waals surface area (Å²) in [6.07, 6.45) is 4.95. The molecule has 0 aromatic heterocycles. The van der Waals surface area contributed by atoms with Crippen LogP contribution in [-0.4, -0.2) is 18.8 Å². The summed E-state index contributed by atoms with van der Waals surface area (Å²) < 4.78 is 6.38. The molecular weight excluding hydrogens is 330 g/mol.